The average Bonchev–Trinajstić information content (AvgIpc) is 2.91. The van der Waals surface area contributed by atoms with Gasteiger partial charge in [-0.1, -0.05) is 24.6 Å². The first-order valence-corrected chi connectivity index (χ1v) is 6.66. The number of fused-ring (bicyclic) bond motifs is 2. The van der Waals surface area contributed by atoms with Gasteiger partial charge < -0.3 is 5.11 Å². The molecule has 2 bridgehead atoms. The molecule has 1 aromatic carbocycles. The first-order chi connectivity index (χ1) is 8.24. The fourth-order valence-corrected chi connectivity index (χ4v) is 3.82. The van der Waals surface area contributed by atoms with Gasteiger partial charge in [-0.05, 0) is 49.5 Å². The van der Waals surface area contributed by atoms with E-state index < -0.39 is 6.10 Å². The van der Waals surface area contributed by atoms with Gasteiger partial charge in [0.2, 0.25) is 0 Å². The normalized spacial score (nSPS) is 32.9. The summed E-state index contributed by atoms with van der Waals surface area (Å²) in [4.78, 5) is 0. The van der Waals surface area contributed by atoms with Gasteiger partial charge in [0.1, 0.15) is 5.82 Å². The molecule has 2 aliphatic rings. The zero-order valence-electron chi connectivity index (χ0n) is 9.98. The standard InChI is InChI=1S/C15H19FO/c16-14-4-2-1-3-13(14)15(17)9-12-8-10-5-6-11(12)7-10/h1-4,10-12,15,17H,5-9H2. The minimum absolute atomic E-state index is 0.275. The molecule has 2 fully saturated rings. The van der Waals surface area contributed by atoms with Crippen molar-refractivity contribution in [1.29, 1.82) is 0 Å². The largest absolute Gasteiger partial charge is 0.388 e. The smallest absolute Gasteiger partial charge is 0.128 e. The lowest BCUT2D eigenvalue weighted by Crippen LogP contribution is -2.14. The minimum atomic E-state index is -0.624. The molecule has 0 aromatic heterocycles. The quantitative estimate of drug-likeness (QED) is 0.845. The molecule has 3 rings (SSSR count). The second kappa shape index (κ2) is 4.41. The summed E-state index contributed by atoms with van der Waals surface area (Å²) in [5.41, 5.74) is 0.468. The van der Waals surface area contributed by atoms with Gasteiger partial charge in [-0.3, -0.25) is 0 Å². The molecule has 2 heteroatoms. The fourth-order valence-electron chi connectivity index (χ4n) is 3.82. The van der Waals surface area contributed by atoms with Gasteiger partial charge >= 0.3 is 0 Å². The van der Waals surface area contributed by atoms with Gasteiger partial charge in [0, 0.05) is 5.56 Å². The van der Waals surface area contributed by atoms with Crippen molar-refractivity contribution in [2.24, 2.45) is 17.8 Å². The van der Waals surface area contributed by atoms with Crippen LogP contribution in [-0.4, -0.2) is 5.11 Å². The van der Waals surface area contributed by atoms with Crippen LogP contribution in [0.5, 0.6) is 0 Å². The van der Waals surface area contributed by atoms with Crippen molar-refractivity contribution in [2.45, 2.75) is 38.2 Å². The number of rotatable bonds is 3. The van der Waals surface area contributed by atoms with E-state index in [0.29, 0.717) is 11.5 Å². The zero-order valence-corrected chi connectivity index (χ0v) is 9.98. The molecule has 4 unspecified atom stereocenters. The van der Waals surface area contributed by atoms with E-state index in [9.17, 15) is 9.50 Å². The molecule has 4 atom stereocenters. The van der Waals surface area contributed by atoms with Crippen molar-refractivity contribution in [2.75, 3.05) is 0 Å². The predicted octanol–water partition coefficient (Wildman–Crippen LogP) is 3.69. The molecule has 2 saturated carbocycles. The Labute approximate surface area is 102 Å². The van der Waals surface area contributed by atoms with Gasteiger partial charge in [0.15, 0.2) is 0 Å². The molecule has 17 heavy (non-hydrogen) atoms. The van der Waals surface area contributed by atoms with E-state index in [2.05, 4.69) is 0 Å². The topological polar surface area (TPSA) is 20.2 Å². The van der Waals surface area contributed by atoms with Crippen molar-refractivity contribution < 1.29 is 9.50 Å². The lowest BCUT2D eigenvalue weighted by atomic mass is 9.83. The van der Waals surface area contributed by atoms with Crippen LogP contribution in [0.2, 0.25) is 0 Å². The Balaban J connectivity index is 1.68. The Morgan fingerprint density at radius 2 is 2.06 bits per heavy atom. The van der Waals surface area contributed by atoms with Crippen LogP contribution >= 0.6 is 0 Å². The summed E-state index contributed by atoms with van der Waals surface area (Å²) in [7, 11) is 0. The monoisotopic (exact) mass is 234 g/mol. The summed E-state index contributed by atoms with van der Waals surface area (Å²) in [6, 6.07) is 6.60. The van der Waals surface area contributed by atoms with E-state index in [0.717, 1.165) is 18.3 Å². The number of benzene rings is 1. The van der Waals surface area contributed by atoms with Gasteiger partial charge in [0.25, 0.3) is 0 Å². The predicted molar refractivity (Wildman–Crippen MR) is 64.9 cm³/mol. The number of hydrogen-bond acceptors (Lipinski definition) is 1. The van der Waals surface area contributed by atoms with Crippen molar-refractivity contribution in [3.05, 3.63) is 35.6 Å². The van der Waals surface area contributed by atoms with E-state index in [1.54, 1.807) is 18.2 Å². The maximum atomic E-state index is 13.5. The lowest BCUT2D eigenvalue weighted by Gasteiger charge is -2.24. The first kappa shape index (κ1) is 11.2. The van der Waals surface area contributed by atoms with Crippen molar-refractivity contribution in [3.63, 3.8) is 0 Å². The Kier molecular flexibility index (Phi) is 2.91. The second-order valence-corrected chi connectivity index (χ2v) is 5.71. The van der Waals surface area contributed by atoms with Gasteiger partial charge in [-0.15, -0.1) is 0 Å². The Morgan fingerprint density at radius 1 is 1.24 bits per heavy atom. The molecule has 92 valence electrons. The van der Waals surface area contributed by atoms with Gasteiger partial charge in [-0.25, -0.2) is 4.39 Å². The first-order valence-electron chi connectivity index (χ1n) is 6.66. The molecule has 0 aliphatic heterocycles. The number of aliphatic hydroxyl groups is 1. The number of aliphatic hydroxyl groups excluding tert-OH is 1. The Morgan fingerprint density at radius 3 is 2.71 bits per heavy atom. The van der Waals surface area contributed by atoms with Crippen LogP contribution in [0.4, 0.5) is 4.39 Å². The molecule has 1 nitrogen and oxygen atoms in total. The van der Waals surface area contributed by atoms with Crippen molar-refractivity contribution in [3.8, 4) is 0 Å². The van der Waals surface area contributed by atoms with Crippen LogP contribution in [0.25, 0.3) is 0 Å². The maximum absolute atomic E-state index is 13.5. The SMILES string of the molecule is OC(CC1CC2CCC1C2)c1ccccc1F. The molecule has 0 heterocycles. The van der Waals surface area contributed by atoms with E-state index in [1.165, 1.54) is 31.7 Å². The lowest BCUT2D eigenvalue weighted by molar-refractivity contribution is 0.122. The molecular formula is C15H19FO. The van der Waals surface area contributed by atoms with E-state index in [-0.39, 0.29) is 5.82 Å². The fraction of sp³-hybridized carbons (Fsp3) is 0.600. The van der Waals surface area contributed by atoms with Crippen LogP contribution in [0, 0.1) is 23.6 Å². The third kappa shape index (κ3) is 2.11. The van der Waals surface area contributed by atoms with E-state index >= 15 is 0 Å². The average molecular weight is 234 g/mol. The van der Waals surface area contributed by atoms with Crippen LogP contribution in [-0.2, 0) is 0 Å². The highest BCUT2D eigenvalue weighted by Crippen LogP contribution is 2.50. The maximum Gasteiger partial charge on any atom is 0.128 e. The summed E-state index contributed by atoms with van der Waals surface area (Å²) >= 11 is 0. The summed E-state index contributed by atoms with van der Waals surface area (Å²) in [5, 5.41) is 10.1. The van der Waals surface area contributed by atoms with Crippen molar-refractivity contribution in [1.82, 2.24) is 0 Å². The molecule has 1 aromatic rings. The summed E-state index contributed by atoms with van der Waals surface area (Å²) in [6.45, 7) is 0. The Hall–Kier alpha value is -0.890. The molecule has 2 aliphatic carbocycles. The van der Waals surface area contributed by atoms with Crippen LogP contribution in [0.1, 0.15) is 43.8 Å². The number of halogens is 1. The Bertz CT molecular complexity index is 404. The summed E-state index contributed by atoms with van der Waals surface area (Å²) < 4.78 is 13.5. The molecule has 0 saturated heterocycles. The number of hydrogen-bond donors (Lipinski definition) is 1. The third-order valence-electron chi connectivity index (χ3n) is 4.67. The van der Waals surface area contributed by atoms with Gasteiger partial charge in [-0.2, -0.15) is 0 Å². The van der Waals surface area contributed by atoms with E-state index in [1.807, 2.05) is 0 Å². The van der Waals surface area contributed by atoms with Gasteiger partial charge in [0.05, 0.1) is 6.10 Å². The molecule has 0 spiro atoms. The summed E-state index contributed by atoms with van der Waals surface area (Å²) in [5.74, 6) is 2.02. The zero-order chi connectivity index (χ0) is 11.8. The second-order valence-electron chi connectivity index (χ2n) is 5.71. The highest BCUT2D eigenvalue weighted by molar-refractivity contribution is 5.20. The molecule has 1 N–H and O–H groups in total. The van der Waals surface area contributed by atoms with E-state index in [4.69, 9.17) is 0 Å². The highest BCUT2D eigenvalue weighted by Gasteiger charge is 2.40. The molecule has 0 radical (unpaired) electrons. The molecular weight excluding hydrogens is 215 g/mol. The third-order valence-corrected chi connectivity index (χ3v) is 4.67. The minimum Gasteiger partial charge on any atom is -0.388 e. The van der Waals surface area contributed by atoms with Crippen LogP contribution in [0.15, 0.2) is 24.3 Å². The van der Waals surface area contributed by atoms with Crippen LogP contribution in [0.3, 0.4) is 0 Å². The summed E-state index contributed by atoms with van der Waals surface area (Å²) in [6.07, 6.45) is 5.39. The van der Waals surface area contributed by atoms with Crippen LogP contribution < -0.4 is 0 Å². The highest BCUT2D eigenvalue weighted by atomic mass is 19.1. The van der Waals surface area contributed by atoms with Crippen molar-refractivity contribution >= 4 is 0 Å². The molecule has 0 amide bonds.